The molecule has 3 heterocycles. The lowest BCUT2D eigenvalue weighted by atomic mass is 9.82. The van der Waals surface area contributed by atoms with Gasteiger partial charge in [-0.15, -0.1) is 0 Å². The van der Waals surface area contributed by atoms with E-state index in [4.69, 9.17) is 9.47 Å². The second-order valence-corrected chi connectivity index (χ2v) is 9.05. The van der Waals surface area contributed by atoms with E-state index in [2.05, 4.69) is 4.90 Å². The average Bonchev–Trinajstić information content (AvgIpc) is 3.07. The fraction of sp³-hybridized carbons (Fsp3) is 0.583. The molecule has 7 nitrogen and oxygen atoms in total. The van der Waals surface area contributed by atoms with Gasteiger partial charge in [0.1, 0.15) is 5.60 Å². The number of amides is 1. The highest BCUT2D eigenvalue weighted by molar-refractivity contribution is 6.07. The molecule has 2 saturated heterocycles. The summed E-state index contributed by atoms with van der Waals surface area (Å²) in [6, 6.07) is 5.24. The van der Waals surface area contributed by atoms with Crippen LogP contribution in [0.2, 0.25) is 0 Å². The van der Waals surface area contributed by atoms with E-state index in [1.54, 1.807) is 25.0 Å². The molecule has 2 fully saturated rings. The Kier molecular flexibility index (Phi) is 6.91. The number of anilines is 1. The largest absolute Gasteiger partial charge is 0.450 e. The number of benzene rings is 1. The Balaban J connectivity index is 1.43. The molecule has 1 spiro atoms. The molecule has 1 aromatic carbocycles. The minimum Gasteiger partial charge on any atom is -0.450 e. The number of piperazine rings is 1. The molecule has 1 aromatic rings. The highest BCUT2D eigenvalue weighted by Crippen LogP contribution is 2.42. The first-order valence-corrected chi connectivity index (χ1v) is 11.5. The molecule has 0 unspecified atom stereocenters. The number of hydrogen-bond donors (Lipinski definition) is 0. The van der Waals surface area contributed by atoms with Crippen molar-refractivity contribution in [3.63, 3.8) is 0 Å². The van der Waals surface area contributed by atoms with Crippen LogP contribution in [0.25, 0.3) is 0 Å². The monoisotopic (exact) mass is 481 g/mol. The van der Waals surface area contributed by atoms with Gasteiger partial charge in [-0.25, -0.2) is 4.79 Å². The van der Waals surface area contributed by atoms with Crippen LogP contribution in [0.1, 0.15) is 25.3 Å². The average molecular weight is 482 g/mol. The van der Waals surface area contributed by atoms with Crippen LogP contribution < -0.4 is 4.90 Å². The zero-order chi connectivity index (χ0) is 24.5. The van der Waals surface area contributed by atoms with Gasteiger partial charge in [-0.1, -0.05) is 6.07 Å². The van der Waals surface area contributed by atoms with Gasteiger partial charge in [-0.2, -0.15) is 13.2 Å². The van der Waals surface area contributed by atoms with Gasteiger partial charge < -0.3 is 24.2 Å². The molecule has 4 rings (SSSR count). The third-order valence-electron chi connectivity index (χ3n) is 7.02. The molecule has 0 aliphatic carbocycles. The van der Waals surface area contributed by atoms with Gasteiger partial charge >= 0.3 is 12.1 Å². The zero-order valence-electron chi connectivity index (χ0n) is 19.5. The number of carbonyl (C=O) groups excluding carboxylic acids is 2. The van der Waals surface area contributed by atoms with Gasteiger partial charge in [0.05, 0.1) is 17.7 Å². The minimum atomic E-state index is -4.40. The standard InChI is InChI=1S/C24H30F3N3O4/c1-17-20(23(34-22(17)32)6-8-28(9-7-23)14-15-33-2)21(31)30-12-10-29(11-13-30)19-5-3-4-18(16-19)24(25,26)27/h3-5,16H,6-15H2,1-2H3. The molecular weight excluding hydrogens is 451 g/mol. The smallest absolute Gasteiger partial charge is 0.416 e. The van der Waals surface area contributed by atoms with Crippen molar-refractivity contribution in [3.05, 3.63) is 41.0 Å². The normalized spacial score (nSPS) is 21.4. The van der Waals surface area contributed by atoms with Crippen LogP contribution in [-0.2, 0) is 25.2 Å². The molecule has 10 heteroatoms. The third kappa shape index (κ3) is 4.79. The van der Waals surface area contributed by atoms with Gasteiger partial charge in [0.15, 0.2) is 0 Å². The maximum absolute atomic E-state index is 13.5. The van der Waals surface area contributed by atoms with Crippen LogP contribution in [0.4, 0.5) is 18.9 Å². The summed E-state index contributed by atoms with van der Waals surface area (Å²) in [6.07, 6.45) is -3.31. The number of alkyl halides is 3. The molecular formula is C24H30F3N3O4. The van der Waals surface area contributed by atoms with Crippen molar-refractivity contribution in [3.8, 4) is 0 Å². The van der Waals surface area contributed by atoms with E-state index in [0.29, 0.717) is 75.6 Å². The fourth-order valence-electron chi connectivity index (χ4n) is 5.02. The van der Waals surface area contributed by atoms with Crippen LogP contribution >= 0.6 is 0 Å². The lowest BCUT2D eigenvalue weighted by Crippen LogP contribution is -2.53. The maximum Gasteiger partial charge on any atom is 0.416 e. The summed E-state index contributed by atoms with van der Waals surface area (Å²) in [5, 5.41) is 0. The third-order valence-corrected chi connectivity index (χ3v) is 7.02. The summed E-state index contributed by atoms with van der Waals surface area (Å²) in [4.78, 5) is 31.8. The summed E-state index contributed by atoms with van der Waals surface area (Å²) in [7, 11) is 1.65. The summed E-state index contributed by atoms with van der Waals surface area (Å²) < 4.78 is 50.2. The molecule has 3 aliphatic heterocycles. The van der Waals surface area contributed by atoms with E-state index in [9.17, 15) is 22.8 Å². The first-order chi connectivity index (χ1) is 16.1. The molecule has 0 N–H and O–H groups in total. The second-order valence-electron chi connectivity index (χ2n) is 9.05. The molecule has 3 aliphatic rings. The van der Waals surface area contributed by atoms with Crippen molar-refractivity contribution in [2.45, 2.75) is 31.5 Å². The predicted molar refractivity (Wildman–Crippen MR) is 119 cm³/mol. The molecule has 0 radical (unpaired) electrons. The highest BCUT2D eigenvalue weighted by Gasteiger charge is 2.51. The van der Waals surface area contributed by atoms with E-state index in [1.807, 2.05) is 4.90 Å². The van der Waals surface area contributed by atoms with Crippen molar-refractivity contribution in [1.82, 2.24) is 9.80 Å². The van der Waals surface area contributed by atoms with Gasteiger partial charge in [-0.3, -0.25) is 4.79 Å². The van der Waals surface area contributed by atoms with E-state index >= 15 is 0 Å². The van der Waals surface area contributed by atoms with E-state index in [-0.39, 0.29) is 5.91 Å². The molecule has 0 saturated carbocycles. The van der Waals surface area contributed by atoms with Crippen LogP contribution in [0, 0.1) is 0 Å². The number of nitrogens with zero attached hydrogens (tertiary/aromatic N) is 3. The Morgan fingerprint density at radius 1 is 1.12 bits per heavy atom. The lowest BCUT2D eigenvalue weighted by Gasteiger charge is -2.41. The first kappa shape index (κ1) is 24.5. The maximum atomic E-state index is 13.5. The van der Waals surface area contributed by atoms with Crippen molar-refractivity contribution in [2.75, 3.05) is 64.4 Å². The Morgan fingerprint density at radius 3 is 2.41 bits per heavy atom. The van der Waals surface area contributed by atoms with Gasteiger partial charge in [0.25, 0.3) is 5.91 Å². The van der Waals surface area contributed by atoms with Crippen molar-refractivity contribution in [2.24, 2.45) is 0 Å². The molecule has 186 valence electrons. The van der Waals surface area contributed by atoms with Crippen molar-refractivity contribution < 1.29 is 32.2 Å². The molecule has 0 aromatic heterocycles. The zero-order valence-corrected chi connectivity index (χ0v) is 19.5. The Labute approximate surface area is 197 Å². The fourth-order valence-corrected chi connectivity index (χ4v) is 5.02. The number of methoxy groups -OCH3 is 1. The van der Waals surface area contributed by atoms with Gasteiger partial charge in [0, 0.05) is 77.0 Å². The molecule has 1 amide bonds. The van der Waals surface area contributed by atoms with Crippen LogP contribution in [0.3, 0.4) is 0 Å². The SMILES string of the molecule is COCCN1CCC2(CC1)OC(=O)C(C)=C2C(=O)N1CCN(c2cccc(C(F)(F)F)c2)CC1. The van der Waals surface area contributed by atoms with Crippen LogP contribution in [0.5, 0.6) is 0 Å². The summed E-state index contributed by atoms with van der Waals surface area (Å²) >= 11 is 0. The molecule has 34 heavy (non-hydrogen) atoms. The number of ether oxygens (including phenoxy) is 2. The number of esters is 1. The highest BCUT2D eigenvalue weighted by atomic mass is 19.4. The van der Waals surface area contributed by atoms with Crippen LogP contribution in [0.15, 0.2) is 35.4 Å². The van der Waals surface area contributed by atoms with Crippen molar-refractivity contribution in [1.29, 1.82) is 0 Å². The summed E-state index contributed by atoms with van der Waals surface area (Å²) in [6.45, 7) is 5.96. The van der Waals surface area contributed by atoms with E-state index < -0.39 is 23.3 Å². The topological polar surface area (TPSA) is 62.3 Å². The lowest BCUT2D eigenvalue weighted by molar-refractivity contribution is -0.151. The Hall–Kier alpha value is -2.59. The number of rotatable bonds is 5. The number of piperidine rings is 1. The van der Waals surface area contributed by atoms with E-state index in [1.165, 1.54) is 6.07 Å². The van der Waals surface area contributed by atoms with E-state index in [0.717, 1.165) is 18.7 Å². The minimum absolute atomic E-state index is 0.211. The van der Waals surface area contributed by atoms with Gasteiger partial charge in [0.2, 0.25) is 0 Å². The Morgan fingerprint density at radius 2 is 1.79 bits per heavy atom. The number of carbonyl (C=O) groups is 2. The quantitative estimate of drug-likeness (QED) is 0.603. The van der Waals surface area contributed by atoms with Crippen LogP contribution in [-0.4, -0.2) is 86.8 Å². The number of likely N-dealkylation sites (tertiary alicyclic amines) is 1. The molecule has 0 bridgehead atoms. The first-order valence-electron chi connectivity index (χ1n) is 11.5. The number of halogens is 3. The van der Waals surface area contributed by atoms with Crippen molar-refractivity contribution >= 4 is 17.6 Å². The summed E-state index contributed by atoms with van der Waals surface area (Å²) in [5.74, 6) is -0.659. The molecule has 0 atom stereocenters. The number of hydrogen-bond acceptors (Lipinski definition) is 6. The predicted octanol–water partition coefficient (Wildman–Crippen LogP) is 2.71. The second kappa shape index (κ2) is 9.58. The summed E-state index contributed by atoms with van der Waals surface area (Å²) in [5.41, 5.74) is -0.312. The Bertz CT molecular complexity index is 962. The van der Waals surface area contributed by atoms with Gasteiger partial charge in [-0.05, 0) is 25.1 Å².